The molecule has 1 atom stereocenters. The maximum absolute atomic E-state index is 6.58. The van der Waals surface area contributed by atoms with Gasteiger partial charge in [-0.3, -0.25) is 0 Å². The predicted molar refractivity (Wildman–Crippen MR) is 264 cm³/mol. The van der Waals surface area contributed by atoms with E-state index in [1.165, 1.54) is 27.1 Å². The van der Waals surface area contributed by atoms with Crippen molar-refractivity contribution in [2.45, 2.75) is 12.3 Å². The summed E-state index contributed by atoms with van der Waals surface area (Å²) in [6.07, 6.45) is 7.93. The van der Waals surface area contributed by atoms with Gasteiger partial charge < -0.3 is 13.7 Å². The molecule has 0 bridgehead atoms. The number of rotatable bonds is 6. The summed E-state index contributed by atoms with van der Waals surface area (Å²) < 4.78 is 12.8. The van der Waals surface area contributed by atoms with Gasteiger partial charge in [0.2, 0.25) is 0 Å². The van der Waals surface area contributed by atoms with Gasteiger partial charge in [-0.05, 0) is 111 Å². The number of benzene rings is 8. The van der Waals surface area contributed by atoms with Crippen molar-refractivity contribution in [3.05, 3.63) is 242 Å². The van der Waals surface area contributed by atoms with Gasteiger partial charge in [0.05, 0.1) is 5.69 Å². The topological polar surface area (TPSA) is 29.5 Å². The van der Waals surface area contributed by atoms with Crippen molar-refractivity contribution in [3.8, 4) is 22.3 Å². The monoisotopic (exact) mass is 807 g/mol. The van der Waals surface area contributed by atoms with Crippen LogP contribution in [0.4, 0.5) is 11.4 Å². The highest BCUT2D eigenvalue weighted by Crippen LogP contribution is 2.45. The second-order valence-electron chi connectivity index (χ2n) is 16.4. The number of furan rings is 2. The summed E-state index contributed by atoms with van der Waals surface area (Å²) >= 11 is 0. The lowest BCUT2D eigenvalue weighted by Crippen LogP contribution is -2.18. The molecule has 0 saturated heterocycles. The van der Waals surface area contributed by atoms with E-state index < -0.39 is 0 Å². The van der Waals surface area contributed by atoms with E-state index in [0.717, 1.165) is 89.6 Å². The molecule has 298 valence electrons. The Kier molecular flexibility index (Phi) is 8.97. The van der Waals surface area contributed by atoms with Crippen molar-refractivity contribution in [1.29, 1.82) is 0 Å². The summed E-state index contributed by atoms with van der Waals surface area (Å²) in [6, 6.07) is 75.8. The first-order chi connectivity index (χ1) is 31.2. The van der Waals surface area contributed by atoms with E-state index in [9.17, 15) is 0 Å². The second-order valence-corrected chi connectivity index (χ2v) is 16.4. The largest absolute Gasteiger partial charge is 0.456 e. The molecular formula is C60H41NO2. The van der Waals surface area contributed by atoms with E-state index in [0.29, 0.717) is 0 Å². The first kappa shape index (κ1) is 36.7. The minimum atomic E-state index is 0.229. The lowest BCUT2D eigenvalue weighted by atomic mass is 9.90. The highest BCUT2D eigenvalue weighted by atomic mass is 16.3. The van der Waals surface area contributed by atoms with Gasteiger partial charge in [0.25, 0.3) is 0 Å². The Morgan fingerprint density at radius 2 is 1.02 bits per heavy atom. The number of nitrogens with zero attached hydrogens (tertiary/aromatic N) is 1. The van der Waals surface area contributed by atoms with E-state index in [1.54, 1.807) is 0 Å². The number of fused-ring (bicyclic) bond motifs is 8. The fraction of sp³-hybridized carbons (Fsp3) is 0.0333. The van der Waals surface area contributed by atoms with Gasteiger partial charge in [0.1, 0.15) is 22.3 Å². The molecule has 1 unspecified atom stereocenters. The predicted octanol–water partition coefficient (Wildman–Crippen LogP) is 17.0. The number of hydrogen-bond donors (Lipinski definition) is 0. The highest BCUT2D eigenvalue weighted by Gasteiger charge is 2.23. The summed E-state index contributed by atoms with van der Waals surface area (Å²) in [5, 5.41) is 9.32. The molecular weight excluding hydrogens is 767 g/mol. The molecule has 3 heteroatoms. The molecule has 0 fully saturated rings. The number of para-hydroxylation sites is 2. The fourth-order valence-electron chi connectivity index (χ4n) is 9.50. The van der Waals surface area contributed by atoms with Gasteiger partial charge >= 0.3 is 0 Å². The third-order valence-electron chi connectivity index (χ3n) is 12.6. The van der Waals surface area contributed by atoms with Gasteiger partial charge in [-0.1, -0.05) is 170 Å². The first-order valence-electron chi connectivity index (χ1n) is 21.7. The van der Waals surface area contributed by atoms with Crippen molar-refractivity contribution in [2.75, 3.05) is 4.90 Å². The van der Waals surface area contributed by atoms with Crippen LogP contribution in [0.2, 0.25) is 0 Å². The van der Waals surface area contributed by atoms with Crippen molar-refractivity contribution in [2.24, 2.45) is 0 Å². The zero-order chi connectivity index (χ0) is 41.7. The van der Waals surface area contributed by atoms with Gasteiger partial charge in [-0.25, -0.2) is 0 Å². The van der Waals surface area contributed by atoms with Gasteiger partial charge in [-0.15, -0.1) is 0 Å². The van der Waals surface area contributed by atoms with Crippen molar-refractivity contribution < 1.29 is 8.83 Å². The molecule has 0 saturated carbocycles. The fourth-order valence-corrected chi connectivity index (χ4v) is 9.50. The van der Waals surface area contributed by atoms with E-state index in [2.05, 4.69) is 223 Å². The van der Waals surface area contributed by atoms with E-state index in [-0.39, 0.29) is 5.92 Å². The SMILES string of the molecule is C1=CC(c2ccc3oc4ccccc4c3c2)CC=C1N(c1ccc(-c2ccccc3ccccc3ccc2)cc1)c1ccccc1-c1cccc2oc3cc4ccccc4cc3c12. The highest BCUT2D eigenvalue weighted by molar-refractivity contribution is 6.16. The van der Waals surface area contributed by atoms with Gasteiger partial charge in [0, 0.05) is 44.4 Å². The van der Waals surface area contributed by atoms with Crippen LogP contribution < -0.4 is 4.90 Å². The van der Waals surface area contributed by atoms with E-state index in [1.807, 2.05) is 12.1 Å². The molecule has 0 radical (unpaired) electrons. The summed E-state index contributed by atoms with van der Waals surface area (Å²) in [6.45, 7) is 0. The molecule has 63 heavy (non-hydrogen) atoms. The summed E-state index contributed by atoms with van der Waals surface area (Å²) in [7, 11) is 0. The number of allylic oxidation sites excluding steroid dienone is 3. The minimum Gasteiger partial charge on any atom is -0.456 e. The molecule has 12 rings (SSSR count). The van der Waals surface area contributed by atoms with Gasteiger partial charge in [0.15, 0.2) is 0 Å². The zero-order valence-electron chi connectivity index (χ0n) is 34.5. The van der Waals surface area contributed by atoms with Crippen LogP contribution in [-0.2, 0) is 0 Å². The van der Waals surface area contributed by atoms with Crippen molar-refractivity contribution in [3.63, 3.8) is 0 Å². The average molecular weight is 808 g/mol. The maximum atomic E-state index is 6.58. The minimum absolute atomic E-state index is 0.229. The quantitative estimate of drug-likeness (QED) is 0.168. The summed E-state index contributed by atoms with van der Waals surface area (Å²) in [4.78, 5) is 2.42. The molecule has 0 aliphatic heterocycles. The summed E-state index contributed by atoms with van der Waals surface area (Å²) in [5.74, 6) is 0.229. The molecule has 1 aliphatic carbocycles. The normalized spacial score (nSPS) is 13.8. The van der Waals surface area contributed by atoms with E-state index >= 15 is 0 Å². The van der Waals surface area contributed by atoms with Crippen LogP contribution in [0.25, 0.3) is 87.7 Å². The molecule has 0 N–H and O–H groups in total. The first-order valence-corrected chi connectivity index (χ1v) is 21.7. The van der Waals surface area contributed by atoms with Gasteiger partial charge in [-0.2, -0.15) is 0 Å². The Bertz CT molecular complexity index is 3680. The van der Waals surface area contributed by atoms with Crippen molar-refractivity contribution >= 4 is 76.8 Å². The second kappa shape index (κ2) is 15.4. The van der Waals surface area contributed by atoms with Crippen LogP contribution in [0, 0.1) is 0 Å². The molecule has 3 nitrogen and oxygen atoms in total. The van der Waals surface area contributed by atoms with Crippen LogP contribution in [0.3, 0.4) is 0 Å². The van der Waals surface area contributed by atoms with Crippen LogP contribution in [-0.4, -0.2) is 0 Å². The van der Waals surface area contributed by atoms with Crippen LogP contribution in [0.1, 0.15) is 17.9 Å². The Morgan fingerprint density at radius 3 is 1.83 bits per heavy atom. The lowest BCUT2D eigenvalue weighted by Gasteiger charge is -2.31. The molecule has 0 amide bonds. The molecule has 2 heterocycles. The molecule has 11 aromatic rings. The molecule has 0 spiro atoms. The zero-order valence-corrected chi connectivity index (χ0v) is 34.5. The maximum Gasteiger partial charge on any atom is 0.136 e. The molecule has 9 aromatic carbocycles. The smallest absolute Gasteiger partial charge is 0.136 e. The number of hydrogen-bond acceptors (Lipinski definition) is 3. The third kappa shape index (κ3) is 6.63. The molecule has 2 aromatic heterocycles. The Morgan fingerprint density at radius 1 is 0.413 bits per heavy atom. The number of anilines is 2. The van der Waals surface area contributed by atoms with Crippen LogP contribution in [0.5, 0.6) is 0 Å². The van der Waals surface area contributed by atoms with Crippen LogP contribution >= 0.6 is 0 Å². The lowest BCUT2D eigenvalue weighted by molar-refractivity contribution is 0.668. The Balaban J connectivity index is 0.976. The van der Waals surface area contributed by atoms with Crippen molar-refractivity contribution in [1.82, 2.24) is 0 Å². The Labute approximate surface area is 365 Å². The average Bonchev–Trinajstić information content (AvgIpc) is 3.90. The molecule has 1 aliphatic rings. The third-order valence-corrected chi connectivity index (χ3v) is 12.6. The van der Waals surface area contributed by atoms with E-state index in [4.69, 9.17) is 8.83 Å². The summed E-state index contributed by atoms with van der Waals surface area (Å²) in [5.41, 5.74) is 12.8. The van der Waals surface area contributed by atoms with Crippen LogP contribution in [0.15, 0.2) is 245 Å². The standard InChI is InChI=1S/C60H41NO2/c1-3-15-41-19-11-20-42(16-4-2-14-40(41)13-1)43-27-32-48(33-28-43)61(49-34-29-44(30-35-49)47-31-36-57-53(37-47)51-22-8-10-25-56(51)62-57)55-24-9-7-21-50(55)52-23-12-26-58-60(52)54-38-45-17-5-6-18-46(45)39-59(54)63-58/h1-29,31-39,44H,30H2. The Hall–Kier alpha value is -8.14.